The maximum atomic E-state index is 8.57. The number of anilines is 1. The lowest BCUT2D eigenvalue weighted by Crippen LogP contribution is -2.18. The van der Waals surface area contributed by atoms with Crippen molar-refractivity contribution in [3.8, 4) is 11.8 Å². The second-order valence-electron chi connectivity index (χ2n) is 2.85. The lowest BCUT2D eigenvalue weighted by molar-refractivity contribution is 0.305. The molecule has 0 saturated heterocycles. The van der Waals surface area contributed by atoms with E-state index in [1.54, 1.807) is 0 Å². The molecule has 0 radical (unpaired) electrons. The van der Waals surface area contributed by atoms with Crippen LogP contribution in [0.15, 0.2) is 24.3 Å². The summed E-state index contributed by atoms with van der Waals surface area (Å²) in [7, 11) is 0. The van der Waals surface area contributed by atoms with Crippen LogP contribution in [-0.2, 0) is 0 Å². The van der Waals surface area contributed by atoms with Crippen molar-refractivity contribution < 1.29 is 5.11 Å². The summed E-state index contributed by atoms with van der Waals surface area (Å²) in [5.41, 5.74) is 7.03. The van der Waals surface area contributed by atoms with E-state index in [1.165, 1.54) is 0 Å². The molecule has 3 nitrogen and oxygen atoms in total. The smallest absolute Gasteiger partial charge is 0.168 e. The molecule has 0 aliphatic heterocycles. The van der Waals surface area contributed by atoms with Gasteiger partial charge in [0.25, 0.3) is 0 Å². The highest BCUT2D eigenvalue weighted by Gasteiger charge is 1.93. The average Bonchev–Trinajstić information content (AvgIpc) is 2.18. The van der Waals surface area contributed by atoms with Gasteiger partial charge in [0.05, 0.1) is 6.61 Å². The van der Waals surface area contributed by atoms with E-state index in [2.05, 4.69) is 17.2 Å². The SMILES string of the molecule is NC(=S)Nc1cccc(C#CCCO)c1. The lowest BCUT2D eigenvalue weighted by Gasteiger charge is -2.02. The van der Waals surface area contributed by atoms with Gasteiger partial charge in [0.2, 0.25) is 0 Å². The fourth-order valence-corrected chi connectivity index (χ4v) is 1.16. The van der Waals surface area contributed by atoms with Crippen LogP contribution < -0.4 is 11.1 Å². The molecule has 15 heavy (non-hydrogen) atoms. The molecule has 0 unspecified atom stereocenters. The van der Waals surface area contributed by atoms with Crippen molar-refractivity contribution >= 4 is 23.0 Å². The van der Waals surface area contributed by atoms with Gasteiger partial charge in [-0.2, -0.15) is 0 Å². The van der Waals surface area contributed by atoms with Gasteiger partial charge in [-0.3, -0.25) is 0 Å². The third kappa shape index (κ3) is 4.45. The second-order valence-corrected chi connectivity index (χ2v) is 3.29. The lowest BCUT2D eigenvalue weighted by atomic mass is 10.2. The van der Waals surface area contributed by atoms with Gasteiger partial charge in [0.15, 0.2) is 5.11 Å². The van der Waals surface area contributed by atoms with Crippen LogP contribution >= 0.6 is 12.2 Å². The third-order valence-electron chi connectivity index (χ3n) is 1.60. The summed E-state index contributed by atoms with van der Waals surface area (Å²) in [5.74, 6) is 5.77. The largest absolute Gasteiger partial charge is 0.395 e. The summed E-state index contributed by atoms with van der Waals surface area (Å²) >= 11 is 4.72. The van der Waals surface area contributed by atoms with Crippen LogP contribution in [-0.4, -0.2) is 16.8 Å². The summed E-state index contributed by atoms with van der Waals surface area (Å²) in [6.07, 6.45) is 0.479. The first kappa shape index (κ1) is 11.5. The minimum Gasteiger partial charge on any atom is -0.395 e. The Kier molecular flexibility index (Phi) is 4.61. The highest BCUT2D eigenvalue weighted by molar-refractivity contribution is 7.80. The predicted octanol–water partition coefficient (Wildman–Crippen LogP) is 1.08. The Morgan fingerprint density at radius 1 is 1.53 bits per heavy atom. The van der Waals surface area contributed by atoms with Gasteiger partial charge < -0.3 is 16.2 Å². The first-order chi connectivity index (χ1) is 7.22. The van der Waals surface area contributed by atoms with Gasteiger partial charge in [-0.25, -0.2) is 0 Å². The molecule has 0 heterocycles. The molecular weight excluding hydrogens is 208 g/mol. The number of nitrogens with one attached hydrogen (secondary N) is 1. The number of hydrogen-bond donors (Lipinski definition) is 3. The number of aliphatic hydroxyl groups is 1. The molecule has 0 atom stereocenters. The molecule has 1 rings (SSSR count). The van der Waals surface area contributed by atoms with Gasteiger partial charge >= 0.3 is 0 Å². The zero-order chi connectivity index (χ0) is 11.1. The van der Waals surface area contributed by atoms with Crippen LogP contribution in [0.3, 0.4) is 0 Å². The van der Waals surface area contributed by atoms with Crippen molar-refractivity contribution in [2.75, 3.05) is 11.9 Å². The van der Waals surface area contributed by atoms with Gasteiger partial charge in [0, 0.05) is 17.7 Å². The first-order valence-corrected chi connectivity index (χ1v) is 4.89. The van der Waals surface area contributed by atoms with Gasteiger partial charge in [0.1, 0.15) is 0 Å². The van der Waals surface area contributed by atoms with E-state index in [0.717, 1.165) is 11.3 Å². The quantitative estimate of drug-likeness (QED) is 0.515. The number of aliphatic hydroxyl groups excluding tert-OH is 1. The molecule has 0 saturated carbocycles. The van der Waals surface area contributed by atoms with Crippen LogP contribution in [0.1, 0.15) is 12.0 Å². The maximum absolute atomic E-state index is 8.57. The van der Waals surface area contributed by atoms with E-state index >= 15 is 0 Å². The fourth-order valence-electron chi connectivity index (χ4n) is 1.04. The van der Waals surface area contributed by atoms with Crippen LogP contribution in [0.2, 0.25) is 0 Å². The molecule has 4 N–H and O–H groups in total. The average molecular weight is 220 g/mol. The molecule has 0 spiro atoms. The molecule has 0 fully saturated rings. The van der Waals surface area contributed by atoms with Crippen LogP contribution in [0, 0.1) is 11.8 Å². The zero-order valence-corrected chi connectivity index (χ0v) is 8.97. The Labute approximate surface area is 94.3 Å². The second kappa shape index (κ2) is 6.02. The molecule has 0 aliphatic rings. The van der Waals surface area contributed by atoms with Crippen LogP contribution in [0.4, 0.5) is 5.69 Å². The highest BCUT2D eigenvalue weighted by Crippen LogP contribution is 2.09. The standard InChI is InChI=1S/C11H12N2OS/c12-11(15)13-10-6-3-5-9(8-10)4-1-2-7-14/h3,5-6,8,14H,2,7H2,(H3,12,13,15). The van der Waals surface area contributed by atoms with E-state index < -0.39 is 0 Å². The molecule has 1 aromatic rings. The van der Waals surface area contributed by atoms with Crippen LogP contribution in [0.25, 0.3) is 0 Å². The minimum absolute atomic E-state index is 0.0812. The van der Waals surface area contributed by atoms with Gasteiger partial charge in [-0.1, -0.05) is 17.9 Å². The first-order valence-electron chi connectivity index (χ1n) is 4.48. The van der Waals surface area contributed by atoms with E-state index in [1.807, 2.05) is 24.3 Å². The molecule has 78 valence electrons. The number of benzene rings is 1. The highest BCUT2D eigenvalue weighted by atomic mass is 32.1. The number of hydrogen-bond acceptors (Lipinski definition) is 2. The monoisotopic (exact) mass is 220 g/mol. The minimum atomic E-state index is 0.0812. The number of thiocarbonyl (C=S) groups is 1. The Balaban J connectivity index is 2.75. The van der Waals surface area contributed by atoms with Crippen molar-refractivity contribution in [3.05, 3.63) is 29.8 Å². The molecule has 4 heteroatoms. The van der Waals surface area contributed by atoms with Crippen molar-refractivity contribution in [1.29, 1.82) is 0 Å². The predicted molar refractivity (Wildman–Crippen MR) is 65.4 cm³/mol. The summed E-state index contributed by atoms with van der Waals surface area (Å²) in [6, 6.07) is 7.46. The molecule has 0 aromatic heterocycles. The molecule has 1 aromatic carbocycles. The van der Waals surface area contributed by atoms with Crippen LogP contribution in [0.5, 0.6) is 0 Å². The third-order valence-corrected chi connectivity index (χ3v) is 1.70. The van der Waals surface area contributed by atoms with Crippen molar-refractivity contribution in [2.45, 2.75) is 6.42 Å². The Hall–Kier alpha value is -1.57. The number of rotatable bonds is 2. The Morgan fingerprint density at radius 2 is 2.33 bits per heavy atom. The molecule has 0 bridgehead atoms. The zero-order valence-electron chi connectivity index (χ0n) is 8.16. The summed E-state index contributed by atoms with van der Waals surface area (Å²) < 4.78 is 0. The van der Waals surface area contributed by atoms with E-state index in [4.69, 9.17) is 23.1 Å². The topological polar surface area (TPSA) is 58.3 Å². The van der Waals surface area contributed by atoms with Gasteiger partial charge in [-0.05, 0) is 30.4 Å². The van der Waals surface area contributed by atoms with E-state index in [9.17, 15) is 0 Å². The molecular formula is C11H12N2OS. The van der Waals surface area contributed by atoms with E-state index in [0.29, 0.717) is 6.42 Å². The van der Waals surface area contributed by atoms with E-state index in [-0.39, 0.29) is 11.7 Å². The van der Waals surface area contributed by atoms with Gasteiger partial charge in [-0.15, -0.1) is 0 Å². The normalized spacial score (nSPS) is 8.87. The molecule has 0 amide bonds. The summed E-state index contributed by atoms with van der Waals surface area (Å²) in [5, 5.41) is 11.6. The van der Waals surface area contributed by atoms with Crippen molar-refractivity contribution in [1.82, 2.24) is 0 Å². The molecule has 0 aliphatic carbocycles. The Bertz CT molecular complexity index is 407. The maximum Gasteiger partial charge on any atom is 0.168 e. The fraction of sp³-hybridized carbons (Fsp3) is 0.182. The summed E-state index contributed by atoms with van der Waals surface area (Å²) in [6.45, 7) is 0.0812. The summed E-state index contributed by atoms with van der Waals surface area (Å²) in [4.78, 5) is 0. The number of nitrogens with two attached hydrogens (primary N) is 1. The van der Waals surface area contributed by atoms with Crippen molar-refractivity contribution in [3.63, 3.8) is 0 Å². The Morgan fingerprint density at radius 3 is 3.00 bits per heavy atom. The van der Waals surface area contributed by atoms with Crippen molar-refractivity contribution in [2.24, 2.45) is 5.73 Å².